The number of nitrogens with zero attached hydrogens (tertiary/aromatic N) is 1. The van der Waals surface area contributed by atoms with Crippen molar-refractivity contribution in [3.63, 3.8) is 0 Å². The van der Waals surface area contributed by atoms with Crippen molar-refractivity contribution >= 4 is 5.97 Å². The van der Waals surface area contributed by atoms with Crippen molar-refractivity contribution in [1.29, 1.82) is 0 Å². The van der Waals surface area contributed by atoms with E-state index in [1.807, 2.05) is 25.7 Å². The lowest BCUT2D eigenvalue weighted by molar-refractivity contribution is -0.152. The molecule has 0 saturated carbocycles. The summed E-state index contributed by atoms with van der Waals surface area (Å²) in [5.74, 6) is -1.34. The van der Waals surface area contributed by atoms with Crippen molar-refractivity contribution < 1.29 is 14.3 Å². The first-order chi connectivity index (χ1) is 8.52. The minimum absolute atomic E-state index is 0.396. The van der Waals surface area contributed by atoms with Crippen molar-refractivity contribution in [3.05, 3.63) is 35.6 Å². The molecule has 0 aliphatic rings. The van der Waals surface area contributed by atoms with Gasteiger partial charge in [-0.15, -0.1) is 0 Å². The van der Waals surface area contributed by atoms with Gasteiger partial charge in [0.1, 0.15) is 11.4 Å². The summed E-state index contributed by atoms with van der Waals surface area (Å²) in [6.45, 7) is 6.85. The summed E-state index contributed by atoms with van der Waals surface area (Å²) < 4.78 is 13.4. The normalized spacial score (nSPS) is 14.5. The van der Waals surface area contributed by atoms with Gasteiger partial charge in [-0.2, -0.15) is 0 Å². The molecule has 1 unspecified atom stereocenters. The number of rotatable bonds is 6. The Labute approximate surface area is 107 Å². The highest BCUT2D eigenvalue weighted by molar-refractivity contribution is 5.80. The van der Waals surface area contributed by atoms with Crippen LogP contribution in [0.4, 0.5) is 4.39 Å². The fourth-order valence-corrected chi connectivity index (χ4v) is 2.53. The molecular formula is C14H20FNO2. The van der Waals surface area contributed by atoms with Gasteiger partial charge < -0.3 is 5.11 Å². The fourth-order valence-electron chi connectivity index (χ4n) is 2.53. The molecule has 1 atom stereocenters. The van der Waals surface area contributed by atoms with Crippen molar-refractivity contribution in [2.75, 3.05) is 13.1 Å². The van der Waals surface area contributed by atoms with Gasteiger partial charge in [-0.3, -0.25) is 4.90 Å². The standard InChI is InChI=1S/C14H20FNO2/c1-4-14(13(17)18,16(5-2)6-3)11-8-7-9-12(15)10-11/h7-10H,4-6H2,1-3H3,(H,17,18). The number of hydrogen-bond acceptors (Lipinski definition) is 2. The van der Waals surface area contributed by atoms with Crippen molar-refractivity contribution in [2.45, 2.75) is 32.7 Å². The maximum atomic E-state index is 13.4. The van der Waals surface area contributed by atoms with Crippen LogP contribution in [-0.2, 0) is 10.3 Å². The third-order valence-electron chi connectivity index (χ3n) is 3.47. The number of aliphatic carboxylic acids is 1. The average molecular weight is 253 g/mol. The van der Waals surface area contributed by atoms with E-state index in [9.17, 15) is 14.3 Å². The third kappa shape index (κ3) is 2.38. The summed E-state index contributed by atoms with van der Waals surface area (Å²) >= 11 is 0. The summed E-state index contributed by atoms with van der Waals surface area (Å²) in [6.07, 6.45) is 0.396. The Morgan fingerprint density at radius 2 is 1.94 bits per heavy atom. The zero-order chi connectivity index (χ0) is 13.8. The minimum atomic E-state index is -1.15. The van der Waals surface area contributed by atoms with Gasteiger partial charge in [0.25, 0.3) is 0 Å². The van der Waals surface area contributed by atoms with Gasteiger partial charge in [-0.05, 0) is 37.2 Å². The second-order valence-electron chi connectivity index (χ2n) is 4.20. The summed E-state index contributed by atoms with van der Waals surface area (Å²) in [6, 6.07) is 5.88. The van der Waals surface area contributed by atoms with E-state index < -0.39 is 17.3 Å². The molecule has 4 heteroatoms. The Bertz CT molecular complexity index is 418. The summed E-state index contributed by atoms with van der Waals surface area (Å²) in [7, 11) is 0. The lowest BCUT2D eigenvalue weighted by Gasteiger charge is -2.39. The number of benzene rings is 1. The average Bonchev–Trinajstić information content (AvgIpc) is 2.35. The predicted molar refractivity (Wildman–Crippen MR) is 68.9 cm³/mol. The monoisotopic (exact) mass is 253 g/mol. The second-order valence-corrected chi connectivity index (χ2v) is 4.20. The van der Waals surface area contributed by atoms with Gasteiger partial charge in [0.05, 0.1) is 0 Å². The maximum absolute atomic E-state index is 13.4. The Balaban J connectivity index is 3.40. The molecule has 0 radical (unpaired) electrons. The molecule has 0 spiro atoms. The van der Waals surface area contributed by atoms with Gasteiger partial charge in [0.15, 0.2) is 0 Å². The molecule has 1 rings (SSSR count). The van der Waals surface area contributed by atoms with Gasteiger partial charge in [0, 0.05) is 0 Å². The van der Waals surface area contributed by atoms with Crippen molar-refractivity contribution in [2.24, 2.45) is 0 Å². The highest BCUT2D eigenvalue weighted by Gasteiger charge is 2.43. The number of hydrogen-bond donors (Lipinski definition) is 1. The van der Waals surface area contributed by atoms with Crippen LogP contribution in [0.3, 0.4) is 0 Å². The van der Waals surface area contributed by atoms with Gasteiger partial charge in [-0.25, -0.2) is 9.18 Å². The van der Waals surface area contributed by atoms with Crippen LogP contribution in [0.5, 0.6) is 0 Å². The number of carboxylic acids is 1. The zero-order valence-electron chi connectivity index (χ0n) is 11.1. The Hall–Kier alpha value is -1.42. The Morgan fingerprint density at radius 3 is 2.33 bits per heavy atom. The molecule has 0 saturated heterocycles. The number of carbonyl (C=O) groups is 1. The summed E-state index contributed by atoms with van der Waals surface area (Å²) in [5, 5.41) is 9.64. The Kier molecular flexibility index (Phi) is 4.84. The number of likely N-dealkylation sites (N-methyl/N-ethyl adjacent to an activating group) is 1. The van der Waals surface area contributed by atoms with E-state index in [1.165, 1.54) is 12.1 Å². The van der Waals surface area contributed by atoms with Crippen LogP contribution in [0.25, 0.3) is 0 Å². The molecule has 0 amide bonds. The first kappa shape index (κ1) is 14.6. The van der Waals surface area contributed by atoms with Crippen molar-refractivity contribution in [3.8, 4) is 0 Å². The van der Waals surface area contributed by atoms with E-state index in [-0.39, 0.29) is 0 Å². The summed E-state index contributed by atoms with van der Waals surface area (Å²) in [4.78, 5) is 13.6. The van der Waals surface area contributed by atoms with Gasteiger partial charge in [-0.1, -0.05) is 32.9 Å². The molecule has 1 aromatic carbocycles. The lowest BCUT2D eigenvalue weighted by Crippen LogP contribution is -2.51. The molecule has 18 heavy (non-hydrogen) atoms. The van der Waals surface area contributed by atoms with E-state index >= 15 is 0 Å². The van der Waals surface area contributed by atoms with Crippen LogP contribution in [0, 0.1) is 5.82 Å². The topological polar surface area (TPSA) is 40.5 Å². The molecule has 0 heterocycles. The molecule has 1 aromatic rings. The molecule has 100 valence electrons. The number of halogens is 1. The van der Waals surface area contributed by atoms with E-state index in [0.29, 0.717) is 25.1 Å². The van der Waals surface area contributed by atoms with Gasteiger partial charge in [0.2, 0.25) is 0 Å². The van der Waals surface area contributed by atoms with E-state index in [4.69, 9.17) is 0 Å². The predicted octanol–water partition coefficient (Wildman–Crippen LogP) is 2.86. The maximum Gasteiger partial charge on any atom is 0.328 e. The van der Waals surface area contributed by atoms with Gasteiger partial charge >= 0.3 is 5.97 Å². The molecule has 0 aliphatic heterocycles. The minimum Gasteiger partial charge on any atom is -0.480 e. The van der Waals surface area contributed by atoms with Crippen LogP contribution < -0.4 is 0 Å². The molecule has 1 N–H and O–H groups in total. The first-order valence-corrected chi connectivity index (χ1v) is 6.27. The quantitative estimate of drug-likeness (QED) is 0.847. The van der Waals surface area contributed by atoms with Crippen LogP contribution in [0.2, 0.25) is 0 Å². The lowest BCUT2D eigenvalue weighted by atomic mass is 9.85. The second kappa shape index (κ2) is 5.96. The molecule has 0 fully saturated rings. The fraction of sp³-hybridized carbons (Fsp3) is 0.500. The van der Waals surface area contributed by atoms with Crippen LogP contribution in [0.15, 0.2) is 24.3 Å². The van der Waals surface area contributed by atoms with Crippen LogP contribution in [0.1, 0.15) is 32.8 Å². The summed E-state index contributed by atoms with van der Waals surface area (Å²) in [5.41, 5.74) is -0.646. The van der Waals surface area contributed by atoms with E-state index in [0.717, 1.165) is 0 Å². The molecular weight excluding hydrogens is 233 g/mol. The molecule has 3 nitrogen and oxygen atoms in total. The highest BCUT2D eigenvalue weighted by Crippen LogP contribution is 2.32. The highest BCUT2D eigenvalue weighted by atomic mass is 19.1. The smallest absolute Gasteiger partial charge is 0.328 e. The number of carboxylic acid groups (broad SMARTS) is 1. The van der Waals surface area contributed by atoms with Crippen LogP contribution in [-0.4, -0.2) is 29.1 Å². The van der Waals surface area contributed by atoms with Crippen molar-refractivity contribution in [1.82, 2.24) is 4.90 Å². The molecule has 0 aliphatic carbocycles. The molecule has 0 aromatic heterocycles. The third-order valence-corrected chi connectivity index (χ3v) is 3.47. The zero-order valence-corrected chi connectivity index (χ0v) is 11.1. The van der Waals surface area contributed by atoms with E-state index in [1.54, 1.807) is 12.1 Å². The first-order valence-electron chi connectivity index (χ1n) is 6.27. The van der Waals surface area contributed by atoms with E-state index in [2.05, 4.69) is 0 Å². The molecule has 0 bridgehead atoms. The largest absolute Gasteiger partial charge is 0.480 e. The Morgan fingerprint density at radius 1 is 1.33 bits per heavy atom. The van der Waals surface area contributed by atoms with Crippen LogP contribution >= 0.6 is 0 Å². The SMILES string of the molecule is CCN(CC)C(CC)(C(=O)O)c1cccc(F)c1.